The van der Waals surface area contributed by atoms with Crippen LogP contribution in [-0.2, 0) is 0 Å². The Labute approximate surface area is 94.7 Å². The molecule has 86 valence electrons. The zero-order valence-corrected chi connectivity index (χ0v) is 9.28. The first kappa shape index (κ1) is 12.5. The number of anilines is 1. The SMILES string of the molecule is CCCN(CCO)c1cccc(F)c1C#N. The van der Waals surface area contributed by atoms with Crippen molar-refractivity contribution in [2.24, 2.45) is 0 Å². The van der Waals surface area contributed by atoms with Crippen LogP contribution in [0.3, 0.4) is 0 Å². The number of nitrogens with zero attached hydrogens (tertiary/aromatic N) is 2. The van der Waals surface area contributed by atoms with E-state index in [2.05, 4.69) is 0 Å². The highest BCUT2D eigenvalue weighted by atomic mass is 19.1. The zero-order valence-electron chi connectivity index (χ0n) is 9.28. The number of hydrogen-bond acceptors (Lipinski definition) is 3. The van der Waals surface area contributed by atoms with E-state index in [0.29, 0.717) is 18.8 Å². The van der Waals surface area contributed by atoms with Crippen molar-refractivity contribution in [1.82, 2.24) is 0 Å². The van der Waals surface area contributed by atoms with Crippen LogP contribution in [0.2, 0.25) is 0 Å². The lowest BCUT2D eigenvalue weighted by Gasteiger charge is -2.24. The van der Waals surface area contributed by atoms with Crippen molar-refractivity contribution >= 4 is 5.69 Å². The molecule has 0 amide bonds. The lowest BCUT2D eigenvalue weighted by Crippen LogP contribution is -2.28. The molecule has 3 nitrogen and oxygen atoms in total. The van der Waals surface area contributed by atoms with Gasteiger partial charge in [0.15, 0.2) is 0 Å². The Morgan fingerprint density at radius 1 is 1.44 bits per heavy atom. The molecule has 0 saturated heterocycles. The summed E-state index contributed by atoms with van der Waals surface area (Å²) in [5, 5.41) is 17.8. The highest BCUT2D eigenvalue weighted by Crippen LogP contribution is 2.22. The molecule has 0 aromatic heterocycles. The van der Waals surface area contributed by atoms with Crippen molar-refractivity contribution in [3.63, 3.8) is 0 Å². The van der Waals surface area contributed by atoms with Crippen molar-refractivity contribution in [2.45, 2.75) is 13.3 Å². The second-order valence-electron chi connectivity index (χ2n) is 3.46. The monoisotopic (exact) mass is 222 g/mol. The molecular weight excluding hydrogens is 207 g/mol. The normalized spacial score (nSPS) is 9.88. The summed E-state index contributed by atoms with van der Waals surface area (Å²) in [6.07, 6.45) is 0.876. The summed E-state index contributed by atoms with van der Waals surface area (Å²) in [6.45, 7) is 3.09. The van der Waals surface area contributed by atoms with E-state index in [4.69, 9.17) is 10.4 Å². The summed E-state index contributed by atoms with van der Waals surface area (Å²) in [5.41, 5.74) is 0.600. The molecule has 0 heterocycles. The maximum Gasteiger partial charge on any atom is 0.143 e. The standard InChI is InChI=1S/C12H15FN2O/c1-2-6-15(7-8-16)12-5-3-4-11(13)10(12)9-14/h3-5,16H,2,6-8H2,1H3. The van der Waals surface area contributed by atoms with E-state index < -0.39 is 5.82 Å². The summed E-state index contributed by atoms with van der Waals surface area (Å²) in [7, 11) is 0. The van der Waals surface area contributed by atoms with E-state index in [0.717, 1.165) is 6.42 Å². The Bertz CT molecular complexity index is 381. The van der Waals surface area contributed by atoms with Gasteiger partial charge in [-0.25, -0.2) is 4.39 Å². The molecule has 4 heteroatoms. The molecule has 0 spiro atoms. The van der Waals surface area contributed by atoms with Gasteiger partial charge >= 0.3 is 0 Å². The van der Waals surface area contributed by atoms with Crippen LogP contribution in [0.5, 0.6) is 0 Å². The maximum absolute atomic E-state index is 13.4. The molecule has 1 rings (SSSR count). The molecule has 0 atom stereocenters. The van der Waals surface area contributed by atoms with Crippen LogP contribution in [0.15, 0.2) is 18.2 Å². The molecule has 0 aliphatic carbocycles. The number of rotatable bonds is 5. The Hall–Kier alpha value is -1.60. The van der Waals surface area contributed by atoms with E-state index >= 15 is 0 Å². The molecule has 0 unspecified atom stereocenters. The Kier molecular flexibility index (Phi) is 4.74. The van der Waals surface area contributed by atoms with E-state index in [9.17, 15) is 4.39 Å². The molecular formula is C12H15FN2O. The summed E-state index contributed by atoms with van der Waals surface area (Å²) in [6, 6.07) is 6.41. The smallest absolute Gasteiger partial charge is 0.143 e. The highest BCUT2D eigenvalue weighted by Gasteiger charge is 2.13. The van der Waals surface area contributed by atoms with Crippen LogP contribution >= 0.6 is 0 Å². The van der Waals surface area contributed by atoms with Gasteiger partial charge in [-0.05, 0) is 18.6 Å². The van der Waals surface area contributed by atoms with Crippen molar-refractivity contribution in [3.8, 4) is 6.07 Å². The third kappa shape index (κ3) is 2.71. The van der Waals surface area contributed by atoms with Crippen LogP contribution in [-0.4, -0.2) is 24.8 Å². The fourth-order valence-corrected chi connectivity index (χ4v) is 1.63. The molecule has 16 heavy (non-hydrogen) atoms. The number of aliphatic hydroxyl groups excluding tert-OH is 1. The first-order valence-electron chi connectivity index (χ1n) is 5.29. The molecule has 1 aromatic rings. The van der Waals surface area contributed by atoms with Crippen molar-refractivity contribution < 1.29 is 9.50 Å². The fourth-order valence-electron chi connectivity index (χ4n) is 1.63. The minimum atomic E-state index is -0.515. The summed E-state index contributed by atoms with van der Waals surface area (Å²) in [4.78, 5) is 1.82. The third-order valence-electron chi connectivity index (χ3n) is 2.31. The second kappa shape index (κ2) is 6.09. The third-order valence-corrected chi connectivity index (χ3v) is 2.31. The Morgan fingerprint density at radius 3 is 2.75 bits per heavy atom. The maximum atomic E-state index is 13.4. The van der Waals surface area contributed by atoms with Crippen LogP contribution < -0.4 is 4.90 Å². The van der Waals surface area contributed by atoms with Crippen molar-refractivity contribution in [3.05, 3.63) is 29.6 Å². The minimum absolute atomic E-state index is 0.0125. The fraction of sp³-hybridized carbons (Fsp3) is 0.417. The predicted molar refractivity (Wildman–Crippen MR) is 60.7 cm³/mol. The summed E-state index contributed by atoms with van der Waals surface area (Å²) < 4.78 is 13.4. The van der Waals surface area contributed by atoms with Gasteiger partial charge in [0, 0.05) is 13.1 Å². The van der Waals surface area contributed by atoms with Crippen LogP contribution in [0.4, 0.5) is 10.1 Å². The van der Waals surface area contributed by atoms with Gasteiger partial charge in [0.05, 0.1) is 12.3 Å². The summed E-state index contributed by atoms with van der Waals surface area (Å²) >= 11 is 0. The first-order chi connectivity index (χ1) is 7.74. The van der Waals surface area contributed by atoms with Crippen LogP contribution in [0, 0.1) is 17.1 Å². The lowest BCUT2D eigenvalue weighted by atomic mass is 10.1. The number of aliphatic hydroxyl groups is 1. The van der Waals surface area contributed by atoms with Crippen molar-refractivity contribution in [2.75, 3.05) is 24.6 Å². The van der Waals surface area contributed by atoms with Gasteiger partial charge < -0.3 is 10.0 Å². The van der Waals surface area contributed by atoms with E-state index in [1.54, 1.807) is 12.1 Å². The van der Waals surface area contributed by atoms with Gasteiger partial charge in [0.2, 0.25) is 0 Å². The minimum Gasteiger partial charge on any atom is -0.395 e. The Balaban J connectivity index is 3.08. The molecule has 1 aromatic carbocycles. The number of benzene rings is 1. The largest absolute Gasteiger partial charge is 0.395 e. The lowest BCUT2D eigenvalue weighted by molar-refractivity contribution is 0.301. The van der Waals surface area contributed by atoms with Gasteiger partial charge in [0.1, 0.15) is 17.4 Å². The molecule has 1 N–H and O–H groups in total. The molecule has 0 fully saturated rings. The van der Waals surface area contributed by atoms with Crippen LogP contribution in [0.25, 0.3) is 0 Å². The quantitative estimate of drug-likeness (QED) is 0.827. The topological polar surface area (TPSA) is 47.3 Å². The van der Waals surface area contributed by atoms with E-state index in [1.165, 1.54) is 6.07 Å². The molecule has 0 radical (unpaired) electrons. The van der Waals surface area contributed by atoms with Gasteiger partial charge in [-0.3, -0.25) is 0 Å². The predicted octanol–water partition coefficient (Wildman–Crippen LogP) is 1.91. The number of hydrogen-bond donors (Lipinski definition) is 1. The number of nitriles is 1. The Morgan fingerprint density at radius 2 is 2.19 bits per heavy atom. The summed E-state index contributed by atoms with van der Waals surface area (Å²) in [5.74, 6) is -0.515. The zero-order chi connectivity index (χ0) is 12.0. The molecule has 0 saturated carbocycles. The molecule has 0 aliphatic heterocycles. The highest BCUT2D eigenvalue weighted by molar-refractivity contribution is 5.59. The van der Waals surface area contributed by atoms with Gasteiger partial charge in [0.25, 0.3) is 0 Å². The van der Waals surface area contributed by atoms with E-state index in [-0.39, 0.29) is 12.2 Å². The first-order valence-corrected chi connectivity index (χ1v) is 5.29. The second-order valence-corrected chi connectivity index (χ2v) is 3.46. The van der Waals surface area contributed by atoms with Gasteiger partial charge in [-0.2, -0.15) is 5.26 Å². The average molecular weight is 222 g/mol. The van der Waals surface area contributed by atoms with Gasteiger partial charge in [-0.1, -0.05) is 13.0 Å². The number of halogens is 1. The van der Waals surface area contributed by atoms with Gasteiger partial charge in [-0.15, -0.1) is 0 Å². The average Bonchev–Trinajstić information content (AvgIpc) is 2.28. The molecule has 0 bridgehead atoms. The molecule has 0 aliphatic rings. The van der Waals surface area contributed by atoms with Crippen molar-refractivity contribution in [1.29, 1.82) is 5.26 Å². The van der Waals surface area contributed by atoms with E-state index in [1.807, 2.05) is 17.9 Å². The van der Waals surface area contributed by atoms with Crippen LogP contribution in [0.1, 0.15) is 18.9 Å².